The number of hydrogen-bond donors (Lipinski definition) is 0. The van der Waals surface area contributed by atoms with Crippen LogP contribution in [0.3, 0.4) is 0 Å². The standard InChI is InChI=1S/C18H12ClN3/c19-14-7-5-6-13(12-14)18-21-17(15-8-1-3-10-20-15)16-9-2-4-11-22(16)18/h1-12H. The molecular formula is C18H12ClN3. The van der Waals surface area contributed by atoms with E-state index in [0.717, 1.165) is 28.3 Å². The molecule has 22 heavy (non-hydrogen) atoms. The van der Waals surface area contributed by atoms with Crippen LogP contribution in [0.1, 0.15) is 0 Å². The highest BCUT2D eigenvalue weighted by molar-refractivity contribution is 6.30. The van der Waals surface area contributed by atoms with Gasteiger partial charge in [0.2, 0.25) is 0 Å². The number of aromatic nitrogens is 3. The topological polar surface area (TPSA) is 30.2 Å². The van der Waals surface area contributed by atoms with Gasteiger partial charge in [-0.1, -0.05) is 35.9 Å². The summed E-state index contributed by atoms with van der Waals surface area (Å²) in [6, 6.07) is 19.6. The SMILES string of the molecule is Clc1cccc(-c2nc(-c3ccccn3)c3ccccn23)c1. The molecule has 0 unspecified atom stereocenters. The molecule has 0 saturated heterocycles. The number of pyridine rings is 2. The number of rotatable bonds is 2. The molecule has 0 radical (unpaired) electrons. The largest absolute Gasteiger partial charge is 0.299 e. The van der Waals surface area contributed by atoms with E-state index < -0.39 is 0 Å². The summed E-state index contributed by atoms with van der Waals surface area (Å²) in [5.74, 6) is 0.860. The fraction of sp³-hybridized carbons (Fsp3) is 0. The monoisotopic (exact) mass is 305 g/mol. The summed E-state index contributed by atoms with van der Waals surface area (Å²) in [6.07, 6.45) is 3.79. The van der Waals surface area contributed by atoms with E-state index in [1.807, 2.05) is 66.9 Å². The maximum Gasteiger partial charge on any atom is 0.145 e. The minimum atomic E-state index is 0.699. The lowest BCUT2D eigenvalue weighted by Crippen LogP contribution is -1.87. The number of halogens is 1. The molecule has 0 aliphatic rings. The zero-order chi connectivity index (χ0) is 14.9. The average molecular weight is 306 g/mol. The van der Waals surface area contributed by atoms with Crippen LogP contribution in [0.15, 0.2) is 73.1 Å². The van der Waals surface area contributed by atoms with Gasteiger partial charge in [0.05, 0.1) is 11.2 Å². The van der Waals surface area contributed by atoms with Gasteiger partial charge in [-0.25, -0.2) is 4.98 Å². The number of fused-ring (bicyclic) bond motifs is 1. The Balaban J connectivity index is 2.01. The minimum Gasteiger partial charge on any atom is -0.299 e. The molecule has 4 heteroatoms. The van der Waals surface area contributed by atoms with Gasteiger partial charge in [-0.2, -0.15) is 0 Å². The number of hydrogen-bond acceptors (Lipinski definition) is 2. The number of nitrogens with zero attached hydrogens (tertiary/aromatic N) is 3. The Kier molecular flexibility index (Phi) is 3.13. The fourth-order valence-corrected chi connectivity index (χ4v) is 2.75. The van der Waals surface area contributed by atoms with Gasteiger partial charge in [0.1, 0.15) is 11.5 Å². The average Bonchev–Trinajstić information content (AvgIpc) is 2.95. The first-order chi connectivity index (χ1) is 10.8. The first kappa shape index (κ1) is 13.0. The van der Waals surface area contributed by atoms with Crippen LogP contribution >= 0.6 is 11.6 Å². The molecule has 3 aromatic heterocycles. The van der Waals surface area contributed by atoms with Crippen LogP contribution in [0.5, 0.6) is 0 Å². The first-order valence-electron chi connectivity index (χ1n) is 6.97. The van der Waals surface area contributed by atoms with E-state index in [1.54, 1.807) is 6.20 Å². The van der Waals surface area contributed by atoms with Gasteiger partial charge < -0.3 is 0 Å². The maximum absolute atomic E-state index is 6.12. The Morgan fingerprint density at radius 2 is 1.82 bits per heavy atom. The van der Waals surface area contributed by atoms with Crippen molar-refractivity contribution in [2.75, 3.05) is 0 Å². The van der Waals surface area contributed by atoms with Gasteiger partial charge in [0, 0.05) is 23.0 Å². The van der Waals surface area contributed by atoms with Crippen LogP contribution in [0.2, 0.25) is 5.02 Å². The molecule has 0 amide bonds. The third-order valence-electron chi connectivity index (χ3n) is 3.54. The fourth-order valence-electron chi connectivity index (χ4n) is 2.56. The van der Waals surface area contributed by atoms with Crippen LogP contribution < -0.4 is 0 Å². The maximum atomic E-state index is 6.12. The summed E-state index contributed by atoms with van der Waals surface area (Å²) in [6.45, 7) is 0. The lowest BCUT2D eigenvalue weighted by Gasteiger charge is -2.01. The second-order valence-corrected chi connectivity index (χ2v) is 5.40. The summed E-state index contributed by atoms with van der Waals surface area (Å²) in [7, 11) is 0. The minimum absolute atomic E-state index is 0.699. The van der Waals surface area contributed by atoms with Crippen LogP contribution in [0.4, 0.5) is 0 Å². The van der Waals surface area contributed by atoms with E-state index in [0.29, 0.717) is 5.02 Å². The van der Waals surface area contributed by atoms with Crippen molar-refractivity contribution in [1.82, 2.24) is 14.4 Å². The van der Waals surface area contributed by atoms with Crippen molar-refractivity contribution >= 4 is 17.1 Å². The molecule has 1 aromatic carbocycles. The van der Waals surface area contributed by atoms with E-state index in [2.05, 4.69) is 9.38 Å². The smallest absolute Gasteiger partial charge is 0.145 e. The second kappa shape index (κ2) is 5.28. The summed E-state index contributed by atoms with van der Waals surface area (Å²) < 4.78 is 2.07. The summed E-state index contributed by atoms with van der Waals surface area (Å²) >= 11 is 6.12. The third kappa shape index (κ3) is 2.16. The molecular weight excluding hydrogens is 294 g/mol. The van der Waals surface area contributed by atoms with Crippen molar-refractivity contribution in [1.29, 1.82) is 0 Å². The van der Waals surface area contributed by atoms with E-state index in [9.17, 15) is 0 Å². The summed E-state index contributed by atoms with van der Waals surface area (Å²) in [5.41, 5.74) is 3.74. The molecule has 106 valence electrons. The molecule has 0 fully saturated rings. The summed E-state index contributed by atoms with van der Waals surface area (Å²) in [5, 5.41) is 0.699. The van der Waals surface area contributed by atoms with Crippen molar-refractivity contribution < 1.29 is 0 Å². The number of imidazole rings is 1. The molecule has 0 N–H and O–H groups in total. The van der Waals surface area contributed by atoms with Crippen LogP contribution in [0.25, 0.3) is 28.3 Å². The van der Waals surface area contributed by atoms with Crippen molar-refractivity contribution in [2.45, 2.75) is 0 Å². The Morgan fingerprint density at radius 1 is 0.909 bits per heavy atom. The molecule has 0 bridgehead atoms. The molecule has 3 heterocycles. The van der Waals surface area contributed by atoms with Crippen molar-refractivity contribution in [3.63, 3.8) is 0 Å². The molecule has 0 spiro atoms. The van der Waals surface area contributed by atoms with Crippen LogP contribution in [-0.2, 0) is 0 Å². The van der Waals surface area contributed by atoms with Crippen LogP contribution in [0, 0.1) is 0 Å². The van der Waals surface area contributed by atoms with Gasteiger partial charge in [-0.3, -0.25) is 9.38 Å². The molecule has 0 aliphatic carbocycles. The third-order valence-corrected chi connectivity index (χ3v) is 3.77. The predicted octanol–water partition coefficient (Wildman–Crippen LogP) is 4.72. The van der Waals surface area contributed by atoms with E-state index in [4.69, 9.17) is 16.6 Å². The lowest BCUT2D eigenvalue weighted by molar-refractivity contribution is 1.16. The lowest BCUT2D eigenvalue weighted by atomic mass is 10.2. The number of benzene rings is 1. The molecule has 0 aliphatic heterocycles. The summed E-state index contributed by atoms with van der Waals surface area (Å²) in [4.78, 5) is 9.23. The second-order valence-electron chi connectivity index (χ2n) is 4.97. The highest BCUT2D eigenvalue weighted by atomic mass is 35.5. The molecule has 0 atom stereocenters. The normalized spacial score (nSPS) is 11.0. The Morgan fingerprint density at radius 3 is 2.64 bits per heavy atom. The van der Waals surface area contributed by atoms with E-state index >= 15 is 0 Å². The van der Waals surface area contributed by atoms with Crippen molar-refractivity contribution in [3.05, 3.63) is 78.1 Å². The predicted molar refractivity (Wildman–Crippen MR) is 88.9 cm³/mol. The molecule has 3 nitrogen and oxygen atoms in total. The molecule has 4 rings (SSSR count). The van der Waals surface area contributed by atoms with E-state index in [-0.39, 0.29) is 0 Å². The molecule has 4 aromatic rings. The van der Waals surface area contributed by atoms with Gasteiger partial charge in [0.15, 0.2) is 0 Å². The zero-order valence-electron chi connectivity index (χ0n) is 11.6. The Labute approximate surface area is 132 Å². The zero-order valence-corrected chi connectivity index (χ0v) is 12.4. The highest BCUT2D eigenvalue weighted by Crippen LogP contribution is 2.29. The van der Waals surface area contributed by atoms with Crippen molar-refractivity contribution in [2.24, 2.45) is 0 Å². The quantitative estimate of drug-likeness (QED) is 0.536. The van der Waals surface area contributed by atoms with Crippen LogP contribution in [-0.4, -0.2) is 14.4 Å². The van der Waals surface area contributed by atoms with E-state index in [1.165, 1.54) is 0 Å². The highest BCUT2D eigenvalue weighted by Gasteiger charge is 2.14. The Hall–Kier alpha value is -2.65. The van der Waals surface area contributed by atoms with Gasteiger partial charge in [-0.15, -0.1) is 0 Å². The Bertz CT molecular complexity index is 945. The van der Waals surface area contributed by atoms with Gasteiger partial charge >= 0.3 is 0 Å². The van der Waals surface area contributed by atoms with Gasteiger partial charge in [0.25, 0.3) is 0 Å². The first-order valence-corrected chi connectivity index (χ1v) is 7.35. The molecule has 0 saturated carbocycles. The van der Waals surface area contributed by atoms with Gasteiger partial charge in [-0.05, 0) is 36.4 Å². The van der Waals surface area contributed by atoms with Crippen molar-refractivity contribution in [3.8, 4) is 22.8 Å².